The minimum absolute atomic E-state index is 0.714. The van der Waals surface area contributed by atoms with E-state index in [1.165, 1.54) is 34.1 Å². The number of rotatable bonds is 5. The molecule has 1 fully saturated rings. The Labute approximate surface area is 134 Å². The normalized spacial score (nSPS) is 14.6. The maximum Gasteiger partial charge on any atom is 0.0516 e. The van der Waals surface area contributed by atoms with Crippen LogP contribution in [0.15, 0.2) is 39.5 Å². The number of anilines is 1. The minimum atomic E-state index is 0.714. The van der Waals surface area contributed by atoms with Gasteiger partial charge in [0.25, 0.3) is 0 Å². The Morgan fingerprint density at radius 2 is 2.05 bits per heavy atom. The Morgan fingerprint density at radius 3 is 2.63 bits per heavy atom. The van der Waals surface area contributed by atoms with Crippen LogP contribution in [0.1, 0.15) is 24.0 Å². The van der Waals surface area contributed by atoms with E-state index < -0.39 is 0 Å². The summed E-state index contributed by atoms with van der Waals surface area (Å²) in [6, 6.07) is 9.60. The van der Waals surface area contributed by atoms with E-state index >= 15 is 0 Å². The molecule has 1 nitrogen and oxygen atoms in total. The first-order valence-electron chi connectivity index (χ1n) is 6.40. The van der Waals surface area contributed by atoms with Crippen molar-refractivity contribution in [3.05, 3.63) is 50.6 Å². The van der Waals surface area contributed by atoms with Crippen LogP contribution in [0.3, 0.4) is 0 Å². The lowest BCUT2D eigenvalue weighted by Gasteiger charge is -2.26. The molecule has 1 aromatic heterocycles. The van der Waals surface area contributed by atoms with Gasteiger partial charge in [-0.25, -0.2) is 0 Å². The van der Waals surface area contributed by atoms with Crippen LogP contribution < -0.4 is 4.90 Å². The van der Waals surface area contributed by atoms with Gasteiger partial charge < -0.3 is 4.90 Å². The maximum absolute atomic E-state index is 3.73. The van der Waals surface area contributed by atoms with Crippen molar-refractivity contribution >= 4 is 48.9 Å². The van der Waals surface area contributed by atoms with E-state index in [0.717, 1.165) is 11.9 Å². The lowest BCUT2D eigenvalue weighted by molar-refractivity contribution is 0.794. The molecule has 2 aromatic rings. The van der Waals surface area contributed by atoms with Gasteiger partial charge in [0, 0.05) is 22.4 Å². The summed E-state index contributed by atoms with van der Waals surface area (Å²) in [7, 11) is 0. The first-order valence-corrected chi connectivity index (χ1v) is 9.26. The second-order valence-electron chi connectivity index (χ2n) is 4.91. The van der Waals surface area contributed by atoms with Crippen molar-refractivity contribution in [2.24, 2.45) is 0 Å². The lowest BCUT2D eigenvalue weighted by atomic mass is 10.2. The fraction of sp³-hybridized carbons (Fsp3) is 0.333. The largest absolute Gasteiger partial charge is 0.363 e. The van der Waals surface area contributed by atoms with Gasteiger partial charge in [-0.1, -0.05) is 22.0 Å². The second kappa shape index (κ2) is 5.98. The maximum atomic E-state index is 3.73. The summed E-state index contributed by atoms with van der Waals surface area (Å²) >= 11 is 9.01. The first-order chi connectivity index (χ1) is 9.28. The highest BCUT2D eigenvalue weighted by Gasteiger charge is 2.30. The van der Waals surface area contributed by atoms with E-state index in [9.17, 15) is 0 Å². The predicted octanol–water partition coefficient (Wildman–Crippen LogP) is 5.57. The van der Waals surface area contributed by atoms with Gasteiger partial charge in [0.05, 0.1) is 5.69 Å². The van der Waals surface area contributed by atoms with Crippen molar-refractivity contribution in [1.29, 1.82) is 0 Å². The smallest absolute Gasteiger partial charge is 0.0516 e. The van der Waals surface area contributed by atoms with Crippen LogP contribution in [0.4, 0.5) is 5.69 Å². The van der Waals surface area contributed by atoms with Crippen LogP contribution in [0.2, 0.25) is 0 Å². The van der Waals surface area contributed by atoms with Crippen molar-refractivity contribution in [2.45, 2.75) is 30.8 Å². The molecule has 0 bridgehead atoms. The Balaban J connectivity index is 1.87. The molecule has 0 aliphatic heterocycles. The predicted molar refractivity (Wildman–Crippen MR) is 90.3 cm³/mol. The van der Waals surface area contributed by atoms with Crippen LogP contribution in [0.25, 0.3) is 0 Å². The molecule has 0 saturated heterocycles. The molecule has 0 unspecified atom stereocenters. The molecule has 4 heteroatoms. The molecule has 1 saturated carbocycles. The molecule has 1 aliphatic carbocycles. The van der Waals surface area contributed by atoms with Gasteiger partial charge in [0.2, 0.25) is 0 Å². The van der Waals surface area contributed by atoms with Crippen molar-refractivity contribution < 1.29 is 0 Å². The van der Waals surface area contributed by atoms with E-state index in [2.05, 4.69) is 71.8 Å². The Hall–Kier alpha value is -0.320. The fourth-order valence-corrected chi connectivity index (χ4v) is 3.91. The SMILES string of the molecule is BrCc1ccc(N(Cc2ccsc2)C2CC2)c(Br)c1. The summed E-state index contributed by atoms with van der Waals surface area (Å²) in [5.74, 6) is 0. The Kier molecular flexibility index (Phi) is 4.30. The van der Waals surface area contributed by atoms with Crippen molar-refractivity contribution in [3.8, 4) is 0 Å². The number of alkyl halides is 1. The van der Waals surface area contributed by atoms with Crippen molar-refractivity contribution in [3.63, 3.8) is 0 Å². The number of thiophene rings is 1. The molecular formula is C15H15Br2NS. The number of nitrogens with zero attached hydrogens (tertiary/aromatic N) is 1. The Morgan fingerprint density at radius 1 is 1.21 bits per heavy atom. The van der Waals surface area contributed by atoms with E-state index in [-0.39, 0.29) is 0 Å². The third-order valence-electron chi connectivity index (χ3n) is 3.40. The highest BCUT2D eigenvalue weighted by Crippen LogP contribution is 2.37. The standard InChI is InChI=1S/C15H15Br2NS/c16-8-11-1-4-15(14(17)7-11)18(13-2-3-13)9-12-5-6-19-10-12/h1,4-7,10,13H,2-3,8-9H2. The zero-order valence-corrected chi connectivity index (χ0v) is 14.5. The highest BCUT2D eigenvalue weighted by atomic mass is 79.9. The molecule has 0 radical (unpaired) electrons. The molecule has 100 valence electrons. The number of hydrogen-bond acceptors (Lipinski definition) is 2. The molecule has 0 atom stereocenters. The van der Waals surface area contributed by atoms with Crippen LogP contribution in [0.5, 0.6) is 0 Å². The molecule has 19 heavy (non-hydrogen) atoms. The third-order valence-corrected chi connectivity index (χ3v) is 5.41. The zero-order valence-electron chi connectivity index (χ0n) is 10.5. The van der Waals surface area contributed by atoms with Crippen LogP contribution in [-0.4, -0.2) is 6.04 Å². The van der Waals surface area contributed by atoms with Crippen LogP contribution >= 0.6 is 43.2 Å². The molecule has 1 heterocycles. The van der Waals surface area contributed by atoms with E-state index in [1.807, 2.05) is 0 Å². The second-order valence-corrected chi connectivity index (χ2v) is 7.11. The molecular weight excluding hydrogens is 386 g/mol. The molecule has 3 rings (SSSR count). The molecule has 1 aliphatic rings. The number of halogens is 2. The molecule has 0 N–H and O–H groups in total. The Bertz CT molecular complexity index is 549. The summed E-state index contributed by atoms with van der Waals surface area (Å²) in [4.78, 5) is 2.53. The average molecular weight is 401 g/mol. The summed E-state index contributed by atoms with van der Waals surface area (Å²) in [6.45, 7) is 1.01. The quantitative estimate of drug-likeness (QED) is 0.592. The van der Waals surface area contributed by atoms with E-state index in [4.69, 9.17) is 0 Å². The van der Waals surface area contributed by atoms with Gasteiger partial charge >= 0.3 is 0 Å². The number of benzene rings is 1. The van der Waals surface area contributed by atoms with Gasteiger partial charge in [-0.2, -0.15) is 11.3 Å². The topological polar surface area (TPSA) is 3.24 Å². The number of hydrogen-bond donors (Lipinski definition) is 0. The van der Waals surface area contributed by atoms with Crippen molar-refractivity contribution in [1.82, 2.24) is 0 Å². The molecule has 1 aromatic carbocycles. The van der Waals surface area contributed by atoms with Crippen LogP contribution in [0, 0.1) is 0 Å². The summed E-state index contributed by atoms with van der Waals surface area (Å²) in [5, 5.41) is 5.30. The van der Waals surface area contributed by atoms with Crippen molar-refractivity contribution in [2.75, 3.05) is 4.90 Å². The third kappa shape index (κ3) is 3.23. The monoisotopic (exact) mass is 399 g/mol. The van der Waals surface area contributed by atoms with Crippen LogP contribution in [-0.2, 0) is 11.9 Å². The van der Waals surface area contributed by atoms with Gasteiger partial charge in [-0.15, -0.1) is 0 Å². The van der Waals surface area contributed by atoms with E-state index in [1.54, 1.807) is 11.3 Å². The van der Waals surface area contributed by atoms with Gasteiger partial charge in [0.15, 0.2) is 0 Å². The molecule has 0 spiro atoms. The van der Waals surface area contributed by atoms with Gasteiger partial charge in [-0.3, -0.25) is 0 Å². The summed E-state index contributed by atoms with van der Waals surface area (Å²) < 4.78 is 1.20. The summed E-state index contributed by atoms with van der Waals surface area (Å²) in [6.07, 6.45) is 2.63. The first kappa shape index (κ1) is 13.7. The summed E-state index contributed by atoms with van der Waals surface area (Å²) in [5.41, 5.74) is 4.04. The van der Waals surface area contributed by atoms with Gasteiger partial charge in [-0.05, 0) is 68.9 Å². The van der Waals surface area contributed by atoms with E-state index in [0.29, 0.717) is 6.04 Å². The lowest BCUT2D eigenvalue weighted by Crippen LogP contribution is -2.25. The fourth-order valence-electron chi connectivity index (χ4n) is 2.24. The van der Waals surface area contributed by atoms with Gasteiger partial charge in [0.1, 0.15) is 0 Å². The average Bonchev–Trinajstić information content (AvgIpc) is 3.14. The highest BCUT2D eigenvalue weighted by molar-refractivity contribution is 9.10. The zero-order chi connectivity index (χ0) is 13.2. The molecule has 0 amide bonds. The minimum Gasteiger partial charge on any atom is -0.363 e.